The second-order valence-corrected chi connectivity index (χ2v) is 4.14. The van der Waals surface area contributed by atoms with Crippen molar-refractivity contribution < 1.29 is 24.1 Å². The van der Waals surface area contributed by atoms with Crippen LogP contribution >= 0.6 is 0 Å². The van der Waals surface area contributed by atoms with Gasteiger partial charge in [0, 0.05) is 6.61 Å². The molecule has 5 nitrogen and oxygen atoms in total. The minimum absolute atomic E-state index is 0.415. The van der Waals surface area contributed by atoms with Gasteiger partial charge in [-0.15, -0.1) is 0 Å². The summed E-state index contributed by atoms with van der Waals surface area (Å²) in [6.07, 6.45) is 0.122. The lowest BCUT2D eigenvalue weighted by atomic mass is 9.95. The summed E-state index contributed by atoms with van der Waals surface area (Å²) in [5.41, 5.74) is 0.803. The van der Waals surface area contributed by atoms with Crippen molar-refractivity contribution in [2.45, 2.75) is 12.5 Å². The number of methoxy groups -OCH3 is 2. The molecule has 0 amide bonds. The maximum absolute atomic E-state index is 11.1. The van der Waals surface area contributed by atoms with Crippen molar-refractivity contribution >= 4 is 5.97 Å². The van der Waals surface area contributed by atoms with E-state index >= 15 is 0 Å². The Labute approximate surface area is 105 Å². The smallest absolute Gasteiger partial charge is 0.309 e. The maximum atomic E-state index is 11.1. The molecule has 0 bridgehead atoms. The topological polar surface area (TPSA) is 65.0 Å². The van der Waals surface area contributed by atoms with Crippen LogP contribution in [0.15, 0.2) is 18.2 Å². The lowest BCUT2D eigenvalue weighted by Crippen LogP contribution is -2.17. The molecular weight excluding hydrogens is 236 g/mol. The Hall–Kier alpha value is -1.75. The molecule has 2 atom stereocenters. The predicted octanol–water partition coefficient (Wildman–Crippen LogP) is 1.87. The lowest BCUT2D eigenvalue weighted by Gasteiger charge is -2.17. The zero-order valence-electron chi connectivity index (χ0n) is 10.4. The predicted molar refractivity (Wildman–Crippen MR) is 64.0 cm³/mol. The summed E-state index contributed by atoms with van der Waals surface area (Å²) >= 11 is 0. The van der Waals surface area contributed by atoms with Crippen LogP contribution in [0.2, 0.25) is 0 Å². The maximum Gasteiger partial charge on any atom is 0.309 e. The Bertz CT molecular complexity index is 443. The molecule has 0 radical (unpaired) electrons. The zero-order chi connectivity index (χ0) is 13.1. The van der Waals surface area contributed by atoms with Crippen molar-refractivity contribution in [2.24, 2.45) is 5.92 Å². The molecule has 1 N–H and O–H groups in total. The van der Waals surface area contributed by atoms with Crippen LogP contribution in [-0.2, 0) is 9.53 Å². The number of aliphatic carboxylic acids is 1. The van der Waals surface area contributed by atoms with Crippen molar-refractivity contribution in [3.63, 3.8) is 0 Å². The normalized spacial score (nSPS) is 22.8. The van der Waals surface area contributed by atoms with E-state index in [-0.39, 0.29) is 0 Å². The van der Waals surface area contributed by atoms with Crippen LogP contribution in [0.5, 0.6) is 11.5 Å². The van der Waals surface area contributed by atoms with Crippen LogP contribution in [-0.4, -0.2) is 31.9 Å². The Morgan fingerprint density at radius 3 is 2.67 bits per heavy atom. The largest absolute Gasteiger partial charge is 0.493 e. The summed E-state index contributed by atoms with van der Waals surface area (Å²) in [7, 11) is 3.11. The van der Waals surface area contributed by atoms with E-state index in [0.717, 1.165) is 5.56 Å². The quantitative estimate of drug-likeness (QED) is 0.886. The molecule has 5 heteroatoms. The first-order valence-corrected chi connectivity index (χ1v) is 5.73. The van der Waals surface area contributed by atoms with Gasteiger partial charge < -0.3 is 19.3 Å². The van der Waals surface area contributed by atoms with E-state index in [9.17, 15) is 4.79 Å². The number of carboxylic acids is 1. The Morgan fingerprint density at radius 2 is 2.06 bits per heavy atom. The fourth-order valence-electron chi connectivity index (χ4n) is 2.20. The molecule has 98 valence electrons. The minimum atomic E-state index is -0.827. The minimum Gasteiger partial charge on any atom is -0.493 e. The van der Waals surface area contributed by atoms with E-state index in [1.165, 1.54) is 0 Å². The molecule has 1 aromatic carbocycles. The van der Waals surface area contributed by atoms with Gasteiger partial charge >= 0.3 is 5.97 Å². The highest BCUT2D eigenvalue weighted by Gasteiger charge is 2.35. The van der Waals surface area contributed by atoms with Crippen LogP contribution in [0.25, 0.3) is 0 Å². The van der Waals surface area contributed by atoms with E-state index in [2.05, 4.69) is 0 Å². The molecule has 0 saturated carbocycles. The summed E-state index contributed by atoms with van der Waals surface area (Å²) in [4.78, 5) is 11.1. The van der Waals surface area contributed by atoms with Gasteiger partial charge in [0.1, 0.15) is 0 Å². The average molecular weight is 252 g/mol. The monoisotopic (exact) mass is 252 g/mol. The van der Waals surface area contributed by atoms with Crippen molar-refractivity contribution in [2.75, 3.05) is 20.8 Å². The molecule has 1 heterocycles. The molecule has 0 aliphatic carbocycles. The van der Waals surface area contributed by atoms with Crippen LogP contribution in [0.4, 0.5) is 0 Å². The van der Waals surface area contributed by atoms with Crippen molar-refractivity contribution in [1.29, 1.82) is 0 Å². The second-order valence-electron chi connectivity index (χ2n) is 4.14. The molecule has 1 aliphatic heterocycles. The SMILES string of the molecule is COc1ccc(C2OCCC2C(=O)O)cc1OC. The van der Waals surface area contributed by atoms with Gasteiger partial charge in [-0.1, -0.05) is 6.07 Å². The molecule has 0 aromatic heterocycles. The van der Waals surface area contributed by atoms with E-state index < -0.39 is 18.0 Å². The van der Waals surface area contributed by atoms with Crippen molar-refractivity contribution in [3.05, 3.63) is 23.8 Å². The number of rotatable bonds is 4. The number of carbonyl (C=O) groups is 1. The number of carboxylic acid groups (broad SMARTS) is 1. The first-order valence-electron chi connectivity index (χ1n) is 5.73. The van der Waals surface area contributed by atoms with E-state index in [4.69, 9.17) is 19.3 Å². The zero-order valence-corrected chi connectivity index (χ0v) is 10.4. The van der Waals surface area contributed by atoms with Gasteiger partial charge in [0.05, 0.1) is 26.2 Å². The van der Waals surface area contributed by atoms with Gasteiger partial charge in [-0.05, 0) is 24.1 Å². The third-order valence-electron chi connectivity index (χ3n) is 3.15. The molecule has 1 saturated heterocycles. The second kappa shape index (κ2) is 5.27. The summed E-state index contributed by atoms with van der Waals surface area (Å²) < 4.78 is 15.9. The van der Waals surface area contributed by atoms with Gasteiger partial charge in [-0.3, -0.25) is 4.79 Å². The van der Waals surface area contributed by atoms with Gasteiger partial charge in [0.2, 0.25) is 0 Å². The first-order chi connectivity index (χ1) is 8.67. The first kappa shape index (κ1) is 12.7. The van der Waals surface area contributed by atoms with Gasteiger partial charge in [-0.2, -0.15) is 0 Å². The fourth-order valence-corrected chi connectivity index (χ4v) is 2.20. The Morgan fingerprint density at radius 1 is 1.33 bits per heavy atom. The lowest BCUT2D eigenvalue weighted by molar-refractivity contribution is -0.143. The molecular formula is C13H16O5. The number of hydrogen-bond acceptors (Lipinski definition) is 4. The fraction of sp³-hybridized carbons (Fsp3) is 0.462. The van der Waals surface area contributed by atoms with Crippen LogP contribution in [0.3, 0.4) is 0 Å². The summed E-state index contributed by atoms with van der Waals surface area (Å²) in [5.74, 6) is -0.129. The Kier molecular flexibility index (Phi) is 3.72. The third kappa shape index (κ3) is 2.26. The summed E-state index contributed by atoms with van der Waals surface area (Å²) in [5, 5.41) is 9.14. The molecule has 0 spiro atoms. The van der Waals surface area contributed by atoms with Crippen LogP contribution in [0, 0.1) is 5.92 Å². The van der Waals surface area contributed by atoms with Crippen LogP contribution < -0.4 is 9.47 Å². The van der Waals surface area contributed by atoms with Crippen molar-refractivity contribution in [3.8, 4) is 11.5 Å². The molecule has 2 rings (SSSR count). The molecule has 18 heavy (non-hydrogen) atoms. The molecule has 2 unspecified atom stereocenters. The summed E-state index contributed by atoms with van der Waals surface area (Å²) in [6.45, 7) is 0.468. The Balaban J connectivity index is 2.30. The van der Waals surface area contributed by atoms with E-state index in [0.29, 0.717) is 24.5 Å². The molecule has 1 aliphatic rings. The highest BCUT2D eigenvalue weighted by Crippen LogP contribution is 2.38. The van der Waals surface area contributed by atoms with E-state index in [1.807, 2.05) is 6.07 Å². The number of ether oxygens (including phenoxy) is 3. The highest BCUT2D eigenvalue weighted by atomic mass is 16.5. The number of benzene rings is 1. The average Bonchev–Trinajstić information content (AvgIpc) is 2.87. The van der Waals surface area contributed by atoms with Crippen molar-refractivity contribution in [1.82, 2.24) is 0 Å². The standard InChI is InChI=1S/C13H16O5/c1-16-10-4-3-8(7-11(10)17-2)12-9(13(14)15)5-6-18-12/h3-4,7,9,12H,5-6H2,1-2H3,(H,14,15). The van der Waals surface area contributed by atoms with Gasteiger partial charge in [0.15, 0.2) is 11.5 Å². The third-order valence-corrected chi connectivity index (χ3v) is 3.15. The van der Waals surface area contributed by atoms with Gasteiger partial charge in [-0.25, -0.2) is 0 Å². The molecule has 1 aromatic rings. The highest BCUT2D eigenvalue weighted by molar-refractivity contribution is 5.71. The molecule has 1 fully saturated rings. The van der Waals surface area contributed by atoms with Gasteiger partial charge in [0.25, 0.3) is 0 Å². The number of hydrogen-bond donors (Lipinski definition) is 1. The summed E-state index contributed by atoms with van der Waals surface area (Å²) in [6, 6.07) is 5.34. The van der Waals surface area contributed by atoms with Crippen LogP contribution in [0.1, 0.15) is 18.1 Å². The van der Waals surface area contributed by atoms with E-state index in [1.54, 1.807) is 26.4 Å².